The second-order valence-corrected chi connectivity index (χ2v) is 3.52. The van der Waals surface area contributed by atoms with E-state index in [2.05, 4.69) is 11.3 Å². The minimum absolute atomic E-state index is 0.0394. The Hall–Kier alpha value is -0.550. The molecule has 2 nitrogen and oxygen atoms in total. The molecule has 0 aliphatic carbocycles. The highest BCUT2D eigenvalue weighted by Gasteiger charge is 2.27. The van der Waals surface area contributed by atoms with Crippen molar-refractivity contribution in [3.8, 4) is 0 Å². The average molecular weight is 225 g/mol. The monoisotopic (exact) mass is 225 g/mol. The van der Waals surface area contributed by atoms with Gasteiger partial charge in [0.05, 0.1) is 0 Å². The van der Waals surface area contributed by atoms with E-state index >= 15 is 0 Å². The average Bonchev–Trinajstić information content (AvgIpc) is 2.11. The van der Waals surface area contributed by atoms with Crippen LogP contribution in [-0.4, -0.2) is 25.4 Å². The van der Waals surface area contributed by atoms with Crippen molar-refractivity contribution >= 4 is 0 Å². The summed E-state index contributed by atoms with van der Waals surface area (Å²) in [7, 11) is 0. The van der Waals surface area contributed by atoms with Gasteiger partial charge < -0.3 is 10.5 Å². The van der Waals surface area contributed by atoms with Crippen LogP contribution < -0.4 is 5.73 Å². The highest BCUT2D eigenvalue weighted by atomic mass is 19.4. The third-order valence-corrected chi connectivity index (χ3v) is 1.95. The van der Waals surface area contributed by atoms with Crippen molar-refractivity contribution in [1.29, 1.82) is 0 Å². The van der Waals surface area contributed by atoms with Crippen LogP contribution in [0.2, 0.25) is 0 Å². The zero-order valence-electron chi connectivity index (χ0n) is 8.94. The van der Waals surface area contributed by atoms with Gasteiger partial charge in [0.25, 0.3) is 0 Å². The fourth-order valence-corrected chi connectivity index (χ4v) is 1.04. The lowest BCUT2D eigenvalue weighted by molar-refractivity contribution is -0.174. The van der Waals surface area contributed by atoms with E-state index in [1.165, 1.54) is 0 Å². The smallest absolute Gasteiger partial charge is 0.372 e. The van der Waals surface area contributed by atoms with Crippen LogP contribution in [0.25, 0.3) is 0 Å². The molecule has 0 aromatic rings. The molecule has 2 N–H and O–H groups in total. The quantitative estimate of drug-likeness (QED) is 0.534. The van der Waals surface area contributed by atoms with Crippen molar-refractivity contribution in [2.24, 2.45) is 5.73 Å². The van der Waals surface area contributed by atoms with Crippen LogP contribution in [-0.2, 0) is 4.74 Å². The van der Waals surface area contributed by atoms with Crippen LogP contribution in [0.1, 0.15) is 26.2 Å². The zero-order chi connectivity index (χ0) is 11.9. The molecule has 0 saturated heterocycles. The number of halogens is 3. The van der Waals surface area contributed by atoms with Gasteiger partial charge in [0.2, 0.25) is 0 Å². The van der Waals surface area contributed by atoms with Crippen molar-refractivity contribution in [3.05, 3.63) is 12.2 Å². The van der Waals surface area contributed by atoms with Gasteiger partial charge >= 0.3 is 6.18 Å². The Bertz CT molecular complexity index is 192. The molecule has 0 aliphatic heterocycles. The molecule has 0 aromatic heterocycles. The van der Waals surface area contributed by atoms with E-state index < -0.39 is 12.8 Å². The summed E-state index contributed by atoms with van der Waals surface area (Å²) in [5, 5.41) is 0. The third kappa shape index (κ3) is 9.75. The summed E-state index contributed by atoms with van der Waals surface area (Å²) in [5.41, 5.74) is 6.69. The second kappa shape index (κ2) is 6.85. The molecule has 0 heterocycles. The first-order chi connectivity index (χ1) is 6.85. The maximum atomic E-state index is 11.7. The van der Waals surface area contributed by atoms with Crippen molar-refractivity contribution < 1.29 is 17.9 Å². The molecule has 1 unspecified atom stereocenters. The Morgan fingerprint density at radius 2 is 2.07 bits per heavy atom. The molecule has 0 bridgehead atoms. The first-order valence-electron chi connectivity index (χ1n) is 4.92. The van der Waals surface area contributed by atoms with E-state index in [4.69, 9.17) is 5.73 Å². The topological polar surface area (TPSA) is 35.2 Å². The van der Waals surface area contributed by atoms with Gasteiger partial charge in [-0.25, -0.2) is 0 Å². The second-order valence-electron chi connectivity index (χ2n) is 3.52. The van der Waals surface area contributed by atoms with Gasteiger partial charge in [-0.1, -0.05) is 19.1 Å². The van der Waals surface area contributed by atoms with Crippen LogP contribution in [0.4, 0.5) is 13.2 Å². The molecule has 0 fully saturated rings. The van der Waals surface area contributed by atoms with Gasteiger partial charge in [0.1, 0.15) is 6.61 Å². The van der Waals surface area contributed by atoms with E-state index in [9.17, 15) is 13.2 Å². The van der Waals surface area contributed by atoms with Crippen LogP contribution >= 0.6 is 0 Å². The Kier molecular flexibility index (Phi) is 6.60. The third-order valence-electron chi connectivity index (χ3n) is 1.95. The summed E-state index contributed by atoms with van der Waals surface area (Å²) in [6, 6.07) is -0.161. The molecule has 15 heavy (non-hydrogen) atoms. The molecule has 0 radical (unpaired) electrons. The Morgan fingerprint density at radius 3 is 2.53 bits per heavy atom. The van der Waals surface area contributed by atoms with Crippen LogP contribution in [0.5, 0.6) is 0 Å². The largest absolute Gasteiger partial charge is 0.411 e. The molecule has 5 heteroatoms. The Morgan fingerprint density at radius 1 is 1.47 bits per heavy atom. The first kappa shape index (κ1) is 14.5. The lowest BCUT2D eigenvalue weighted by atomic mass is 10.0. The van der Waals surface area contributed by atoms with Gasteiger partial charge in [0, 0.05) is 12.6 Å². The molecular weight excluding hydrogens is 207 g/mol. The van der Waals surface area contributed by atoms with E-state index in [-0.39, 0.29) is 12.6 Å². The minimum Gasteiger partial charge on any atom is -0.372 e. The number of alkyl halides is 3. The number of hydrogen-bond acceptors (Lipinski definition) is 2. The fraction of sp³-hybridized carbons (Fsp3) is 0.800. The minimum atomic E-state index is -4.25. The first-order valence-corrected chi connectivity index (χ1v) is 4.92. The molecule has 1 atom stereocenters. The standard InChI is InChI=1S/C10H18F3NO/c1-3-8(2)6-9(14)4-5-15-7-10(11,12)13/h9H,2-7,14H2,1H3. The maximum Gasteiger partial charge on any atom is 0.411 e. The van der Waals surface area contributed by atoms with Gasteiger partial charge in [-0.2, -0.15) is 13.2 Å². The summed E-state index contributed by atoms with van der Waals surface area (Å²) < 4.78 is 39.5. The SMILES string of the molecule is C=C(CC)CC(N)CCOCC(F)(F)F. The maximum absolute atomic E-state index is 11.7. The summed E-state index contributed by atoms with van der Waals surface area (Å²) >= 11 is 0. The van der Waals surface area contributed by atoms with Crippen molar-refractivity contribution in [3.63, 3.8) is 0 Å². The number of ether oxygens (including phenoxy) is 1. The molecule has 0 saturated carbocycles. The zero-order valence-corrected chi connectivity index (χ0v) is 8.94. The molecule has 0 spiro atoms. The molecule has 0 aromatic carbocycles. The Labute approximate surface area is 88.3 Å². The molecule has 0 aliphatic rings. The molecular formula is C10H18F3NO. The molecule has 90 valence electrons. The molecule has 0 amide bonds. The van der Waals surface area contributed by atoms with Crippen molar-refractivity contribution in [1.82, 2.24) is 0 Å². The summed E-state index contributed by atoms with van der Waals surface area (Å²) in [6.45, 7) is 4.59. The normalized spacial score (nSPS) is 13.9. The van der Waals surface area contributed by atoms with Crippen molar-refractivity contribution in [2.75, 3.05) is 13.2 Å². The fourth-order valence-electron chi connectivity index (χ4n) is 1.04. The van der Waals surface area contributed by atoms with E-state index in [1.807, 2.05) is 6.92 Å². The Balaban J connectivity index is 3.47. The van der Waals surface area contributed by atoms with Gasteiger partial charge in [-0.15, -0.1) is 0 Å². The number of nitrogens with two attached hydrogens (primary N) is 1. The lowest BCUT2D eigenvalue weighted by Gasteiger charge is -2.13. The van der Waals surface area contributed by atoms with Gasteiger partial charge in [0.15, 0.2) is 0 Å². The van der Waals surface area contributed by atoms with E-state index in [0.717, 1.165) is 12.0 Å². The predicted molar refractivity (Wildman–Crippen MR) is 53.5 cm³/mol. The van der Waals surface area contributed by atoms with E-state index in [0.29, 0.717) is 12.8 Å². The van der Waals surface area contributed by atoms with Crippen LogP contribution in [0.3, 0.4) is 0 Å². The van der Waals surface area contributed by atoms with Gasteiger partial charge in [-0.3, -0.25) is 0 Å². The summed E-state index contributed by atoms with van der Waals surface area (Å²) in [5.74, 6) is 0. The van der Waals surface area contributed by atoms with E-state index in [1.54, 1.807) is 0 Å². The summed E-state index contributed by atoms with van der Waals surface area (Å²) in [4.78, 5) is 0. The van der Waals surface area contributed by atoms with Crippen LogP contribution in [0, 0.1) is 0 Å². The van der Waals surface area contributed by atoms with Gasteiger partial charge in [-0.05, 0) is 19.3 Å². The van der Waals surface area contributed by atoms with Crippen LogP contribution in [0.15, 0.2) is 12.2 Å². The highest BCUT2D eigenvalue weighted by molar-refractivity contribution is 4.95. The van der Waals surface area contributed by atoms with Crippen molar-refractivity contribution in [2.45, 2.75) is 38.4 Å². The lowest BCUT2D eigenvalue weighted by Crippen LogP contribution is -2.24. The molecule has 0 rings (SSSR count). The number of hydrogen-bond donors (Lipinski definition) is 1. The predicted octanol–water partition coefficient (Wildman–Crippen LogP) is 2.64. The highest BCUT2D eigenvalue weighted by Crippen LogP contribution is 2.15. The number of rotatable bonds is 7. The summed E-state index contributed by atoms with van der Waals surface area (Å²) in [6.07, 6.45) is -2.34.